The number of hydrogen-bond donors (Lipinski definition) is 2. The van der Waals surface area contributed by atoms with E-state index in [1.54, 1.807) is 36.4 Å². The molecule has 0 aromatic heterocycles. The topological polar surface area (TPSA) is 95.6 Å². The number of rotatable bonds is 6. The van der Waals surface area contributed by atoms with E-state index in [9.17, 15) is 18.0 Å². The Morgan fingerprint density at radius 1 is 0.963 bits per heavy atom. The summed E-state index contributed by atoms with van der Waals surface area (Å²) in [5, 5.41) is 5.76. The summed E-state index contributed by atoms with van der Waals surface area (Å²) in [7, 11) is -3.71. The van der Waals surface area contributed by atoms with Gasteiger partial charge in [0.1, 0.15) is 6.04 Å². The first-order valence-electron chi connectivity index (χ1n) is 8.01. The number of carbonyl (C=O) groups is 2. The van der Waals surface area contributed by atoms with Gasteiger partial charge >= 0.3 is 0 Å². The van der Waals surface area contributed by atoms with Crippen molar-refractivity contribution in [2.24, 2.45) is 0 Å². The van der Waals surface area contributed by atoms with Crippen molar-refractivity contribution in [2.45, 2.75) is 19.9 Å². The van der Waals surface area contributed by atoms with Gasteiger partial charge in [0.15, 0.2) is 0 Å². The van der Waals surface area contributed by atoms with Crippen LogP contribution in [0, 0.1) is 0 Å². The lowest BCUT2D eigenvalue weighted by Crippen LogP contribution is -2.45. The number of carbonyl (C=O) groups excluding carboxylic acids is 2. The van der Waals surface area contributed by atoms with Crippen LogP contribution < -0.4 is 14.9 Å². The number of halogens is 1. The van der Waals surface area contributed by atoms with E-state index in [-0.39, 0.29) is 5.91 Å². The van der Waals surface area contributed by atoms with E-state index in [0.29, 0.717) is 22.1 Å². The minimum absolute atomic E-state index is 0.202. The van der Waals surface area contributed by atoms with Crippen molar-refractivity contribution in [3.8, 4) is 0 Å². The Labute approximate surface area is 163 Å². The van der Waals surface area contributed by atoms with Crippen molar-refractivity contribution in [1.29, 1.82) is 0 Å². The summed E-state index contributed by atoms with van der Waals surface area (Å²) in [5.74, 6) is -0.699. The molecule has 27 heavy (non-hydrogen) atoms. The molecule has 0 heterocycles. The molecule has 2 aromatic rings. The summed E-state index contributed by atoms with van der Waals surface area (Å²) in [5.41, 5.74) is 1.41. The van der Waals surface area contributed by atoms with Crippen molar-refractivity contribution in [3.05, 3.63) is 53.6 Å². The van der Waals surface area contributed by atoms with Crippen LogP contribution in [0.2, 0.25) is 5.02 Å². The second-order valence-corrected chi connectivity index (χ2v) is 8.25. The van der Waals surface area contributed by atoms with Gasteiger partial charge in [-0.3, -0.25) is 13.9 Å². The van der Waals surface area contributed by atoms with Gasteiger partial charge in [0, 0.05) is 23.3 Å². The monoisotopic (exact) mass is 409 g/mol. The predicted octanol–water partition coefficient (Wildman–Crippen LogP) is 3.09. The molecule has 2 aromatic carbocycles. The van der Waals surface area contributed by atoms with E-state index in [1.165, 1.54) is 26.0 Å². The molecule has 2 rings (SSSR count). The maximum Gasteiger partial charge on any atom is 0.247 e. The lowest BCUT2D eigenvalue weighted by molar-refractivity contribution is -0.117. The Bertz CT molecular complexity index is 928. The van der Waals surface area contributed by atoms with Gasteiger partial charge in [0.25, 0.3) is 0 Å². The van der Waals surface area contributed by atoms with Crippen molar-refractivity contribution in [1.82, 2.24) is 0 Å². The highest BCUT2D eigenvalue weighted by Crippen LogP contribution is 2.24. The highest BCUT2D eigenvalue weighted by Gasteiger charge is 2.29. The van der Waals surface area contributed by atoms with E-state index in [2.05, 4.69) is 10.6 Å². The van der Waals surface area contributed by atoms with Crippen LogP contribution in [0.25, 0.3) is 0 Å². The first kappa shape index (κ1) is 20.7. The van der Waals surface area contributed by atoms with Gasteiger partial charge in [-0.1, -0.05) is 11.6 Å². The Morgan fingerprint density at radius 3 is 1.89 bits per heavy atom. The molecule has 7 nitrogen and oxygen atoms in total. The fourth-order valence-electron chi connectivity index (χ4n) is 2.48. The predicted molar refractivity (Wildman–Crippen MR) is 108 cm³/mol. The molecular formula is C18H20ClN3O4S. The van der Waals surface area contributed by atoms with Crippen LogP contribution in [0.15, 0.2) is 48.5 Å². The zero-order valence-corrected chi connectivity index (χ0v) is 16.6. The number of amides is 2. The minimum Gasteiger partial charge on any atom is -0.326 e. The molecule has 0 aliphatic heterocycles. The summed E-state index contributed by atoms with van der Waals surface area (Å²) in [6.45, 7) is 2.89. The van der Waals surface area contributed by atoms with Gasteiger partial charge in [-0.15, -0.1) is 0 Å². The third-order valence-corrected chi connectivity index (χ3v) is 5.14. The summed E-state index contributed by atoms with van der Waals surface area (Å²) >= 11 is 5.85. The van der Waals surface area contributed by atoms with Crippen LogP contribution in [0.3, 0.4) is 0 Å². The molecule has 0 aliphatic carbocycles. The molecule has 0 bridgehead atoms. The van der Waals surface area contributed by atoms with E-state index in [4.69, 9.17) is 11.6 Å². The zero-order chi connectivity index (χ0) is 20.2. The van der Waals surface area contributed by atoms with Gasteiger partial charge in [-0.05, 0) is 55.5 Å². The van der Waals surface area contributed by atoms with Crippen LogP contribution in [0.5, 0.6) is 0 Å². The molecule has 0 saturated carbocycles. The van der Waals surface area contributed by atoms with E-state index in [0.717, 1.165) is 10.6 Å². The number of nitrogens with one attached hydrogen (secondary N) is 2. The fraction of sp³-hybridized carbons (Fsp3) is 0.222. The number of hydrogen-bond acceptors (Lipinski definition) is 4. The maximum atomic E-state index is 12.6. The quantitative estimate of drug-likeness (QED) is 0.766. The van der Waals surface area contributed by atoms with Gasteiger partial charge in [0.05, 0.1) is 11.9 Å². The van der Waals surface area contributed by atoms with Crippen molar-refractivity contribution >= 4 is 50.5 Å². The number of benzene rings is 2. The lowest BCUT2D eigenvalue weighted by atomic mass is 10.2. The smallest absolute Gasteiger partial charge is 0.247 e. The summed E-state index contributed by atoms with van der Waals surface area (Å²) in [4.78, 5) is 23.6. The molecule has 2 amide bonds. The maximum absolute atomic E-state index is 12.6. The molecule has 0 saturated heterocycles. The van der Waals surface area contributed by atoms with Crippen LogP contribution in [0.4, 0.5) is 17.1 Å². The van der Waals surface area contributed by atoms with E-state index in [1.807, 2.05) is 0 Å². The van der Waals surface area contributed by atoms with Gasteiger partial charge in [-0.2, -0.15) is 0 Å². The van der Waals surface area contributed by atoms with E-state index >= 15 is 0 Å². The SMILES string of the molecule is CC(=O)Nc1ccc(NC(=O)C(C)N(c2ccc(Cl)cc2)S(C)(=O)=O)cc1. The summed E-state index contributed by atoms with van der Waals surface area (Å²) in [6.07, 6.45) is 1.04. The first-order valence-corrected chi connectivity index (χ1v) is 10.2. The van der Waals surface area contributed by atoms with Gasteiger partial charge in [0.2, 0.25) is 21.8 Å². The molecule has 0 fully saturated rings. The second kappa shape index (κ2) is 8.41. The van der Waals surface area contributed by atoms with Crippen LogP contribution >= 0.6 is 11.6 Å². The number of anilines is 3. The fourth-order valence-corrected chi connectivity index (χ4v) is 3.78. The standard InChI is InChI=1S/C18H20ClN3O4S/c1-12(22(27(3,25)26)17-10-4-14(19)5-11-17)18(24)21-16-8-6-15(7-9-16)20-13(2)23/h4-12H,1-3H3,(H,20,23)(H,21,24). The Balaban J connectivity index is 2.19. The van der Waals surface area contributed by atoms with Crippen LogP contribution in [0.1, 0.15) is 13.8 Å². The van der Waals surface area contributed by atoms with E-state index < -0.39 is 22.0 Å². The minimum atomic E-state index is -3.71. The average Bonchev–Trinajstić information content (AvgIpc) is 2.57. The molecule has 1 atom stereocenters. The highest BCUT2D eigenvalue weighted by atomic mass is 35.5. The third kappa shape index (κ3) is 5.70. The second-order valence-electron chi connectivity index (χ2n) is 5.96. The van der Waals surface area contributed by atoms with Crippen molar-refractivity contribution < 1.29 is 18.0 Å². The molecule has 0 radical (unpaired) electrons. The highest BCUT2D eigenvalue weighted by molar-refractivity contribution is 7.92. The average molecular weight is 410 g/mol. The number of nitrogens with zero attached hydrogens (tertiary/aromatic N) is 1. The molecule has 9 heteroatoms. The van der Waals surface area contributed by atoms with Crippen LogP contribution in [-0.2, 0) is 19.6 Å². The van der Waals surface area contributed by atoms with Crippen molar-refractivity contribution in [3.63, 3.8) is 0 Å². The van der Waals surface area contributed by atoms with Gasteiger partial charge < -0.3 is 10.6 Å². The molecule has 2 N–H and O–H groups in total. The van der Waals surface area contributed by atoms with Crippen LogP contribution in [-0.4, -0.2) is 32.5 Å². The summed E-state index contributed by atoms with van der Waals surface area (Å²) in [6, 6.07) is 11.7. The molecular weight excluding hydrogens is 390 g/mol. The Kier molecular flexibility index (Phi) is 6.45. The normalized spacial score (nSPS) is 12.1. The van der Waals surface area contributed by atoms with Crippen molar-refractivity contribution in [2.75, 3.05) is 21.2 Å². The third-order valence-electron chi connectivity index (χ3n) is 3.64. The Hall–Kier alpha value is -2.58. The number of sulfonamides is 1. The molecule has 0 aliphatic rings. The lowest BCUT2D eigenvalue weighted by Gasteiger charge is -2.28. The molecule has 1 unspecified atom stereocenters. The summed E-state index contributed by atoms with van der Waals surface area (Å²) < 4.78 is 25.5. The molecule has 144 valence electrons. The zero-order valence-electron chi connectivity index (χ0n) is 15.1. The van der Waals surface area contributed by atoms with Gasteiger partial charge in [-0.25, -0.2) is 8.42 Å². The Morgan fingerprint density at radius 2 is 1.44 bits per heavy atom. The molecule has 0 spiro atoms. The first-order chi connectivity index (χ1) is 12.6. The largest absolute Gasteiger partial charge is 0.326 e.